The molecule has 0 aromatic rings. The van der Waals surface area contributed by atoms with E-state index in [0.29, 0.717) is 15.8 Å². The molecule has 58 valence electrons. The van der Waals surface area contributed by atoms with Gasteiger partial charge in [-0.05, 0) is 19.8 Å². The summed E-state index contributed by atoms with van der Waals surface area (Å²) in [5, 5.41) is 0. The van der Waals surface area contributed by atoms with Gasteiger partial charge in [-0.25, -0.2) is 0 Å². The predicted molar refractivity (Wildman–Crippen MR) is 47.9 cm³/mol. The van der Waals surface area contributed by atoms with Crippen molar-refractivity contribution in [3.05, 3.63) is 0 Å². The number of alkyl halides is 2. The maximum atomic E-state index is 5.55. The molecule has 2 aliphatic rings. The molecule has 0 radical (unpaired) electrons. The number of ether oxygens (including phenoxy) is 1. The molecule has 1 aliphatic heterocycles. The van der Waals surface area contributed by atoms with Crippen molar-refractivity contribution in [2.45, 2.75) is 41.1 Å². The highest BCUT2D eigenvalue weighted by molar-refractivity contribution is 9.12. The summed E-state index contributed by atoms with van der Waals surface area (Å²) in [7, 11) is 0. The molecule has 3 heteroatoms. The van der Waals surface area contributed by atoms with Crippen LogP contribution in [0.1, 0.15) is 19.8 Å². The third-order valence-electron chi connectivity index (χ3n) is 2.47. The average molecular weight is 270 g/mol. The van der Waals surface area contributed by atoms with Crippen LogP contribution in [0.5, 0.6) is 0 Å². The molecule has 1 aliphatic carbocycles. The van der Waals surface area contributed by atoms with Gasteiger partial charge in [0.05, 0.1) is 11.7 Å². The van der Waals surface area contributed by atoms with Gasteiger partial charge in [0, 0.05) is 9.65 Å². The van der Waals surface area contributed by atoms with E-state index in [9.17, 15) is 0 Å². The molecule has 10 heavy (non-hydrogen) atoms. The van der Waals surface area contributed by atoms with Crippen molar-refractivity contribution in [2.24, 2.45) is 0 Å². The van der Waals surface area contributed by atoms with Gasteiger partial charge in [-0.3, -0.25) is 0 Å². The number of rotatable bonds is 0. The minimum atomic E-state index is 0.221. The van der Waals surface area contributed by atoms with E-state index in [0.717, 1.165) is 12.8 Å². The van der Waals surface area contributed by atoms with Gasteiger partial charge in [-0.2, -0.15) is 0 Å². The number of hydrogen-bond donors (Lipinski definition) is 0. The summed E-state index contributed by atoms with van der Waals surface area (Å²) in [6.45, 7) is 2.20. The zero-order valence-electron chi connectivity index (χ0n) is 5.81. The Labute approximate surface area is 77.8 Å². The van der Waals surface area contributed by atoms with Crippen molar-refractivity contribution in [2.75, 3.05) is 0 Å². The van der Waals surface area contributed by atoms with Gasteiger partial charge in [-0.15, -0.1) is 0 Å². The minimum Gasteiger partial charge on any atom is -0.366 e. The van der Waals surface area contributed by atoms with Crippen LogP contribution in [0.15, 0.2) is 0 Å². The second kappa shape index (κ2) is 2.20. The van der Waals surface area contributed by atoms with Crippen LogP contribution in [0.25, 0.3) is 0 Å². The van der Waals surface area contributed by atoms with Gasteiger partial charge < -0.3 is 4.74 Å². The molecule has 2 fully saturated rings. The van der Waals surface area contributed by atoms with Crippen LogP contribution in [0.3, 0.4) is 0 Å². The fourth-order valence-electron chi connectivity index (χ4n) is 1.64. The molecule has 0 unspecified atom stereocenters. The van der Waals surface area contributed by atoms with E-state index < -0.39 is 0 Å². The Bertz CT molecular complexity index is 162. The summed E-state index contributed by atoms with van der Waals surface area (Å²) in [5.41, 5.74) is 0.221. The average Bonchev–Trinajstić information content (AvgIpc) is 2.41. The van der Waals surface area contributed by atoms with Crippen molar-refractivity contribution in [1.29, 1.82) is 0 Å². The Balaban J connectivity index is 2.05. The lowest BCUT2D eigenvalue weighted by Gasteiger charge is -2.22. The number of fused-ring (bicyclic) bond motifs is 1. The first-order chi connectivity index (χ1) is 4.62. The lowest BCUT2D eigenvalue weighted by Crippen LogP contribution is -2.30. The first-order valence-electron chi connectivity index (χ1n) is 3.58. The topological polar surface area (TPSA) is 12.5 Å². The molecule has 1 nitrogen and oxygen atoms in total. The van der Waals surface area contributed by atoms with Gasteiger partial charge >= 0.3 is 0 Å². The lowest BCUT2D eigenvalue weighted by molar-refractivity contribution is 0.306. The quantitative estimate of drug-likeness (QED) is 0.486. The smallest absolute Gasteiger partial charge is 0.0931 e. The van der Waals surface area contributed by atoms with Gasteiger partial charge in [0.2, 0.25) is 0 Å². The number of epoxide rings is 1. The van der Waals surface area contributed by atoms with E-state index in [1.807, 2.05) is 0 Å². The molecular weight excluding hydrogens is 260 g/mol. The van der Waals surface area contributed by atoms with Gasteiger partial charge in [-0.1, -0.05) is 31.9 Å². The summed E-state index contributed by atoms with van der Waals surface area (Å²) in [5.74, 6) is 0. The Hall–Kier alpha value is 0.920. The van der Waals surface area contributed by atoms with Crippen molar-refractivity contribution in [1.82, 2.24) is 0 Å². The first-order valence-corrected chi connectivity index (χ1v) is 5.41. The SMILES string of the molecule is C[C@]12C[C@H](Br)[C@@H](Br)C[C@@H]1O2. The maximum Gasteiger partial charge on any atom is 0.0931 e. The van der Waals surface area contributed by atoms with Gasteiger partial charge in [0.1, 0.15) is 0 Å². The van der Waals surface area contributed by atoms with Crippen molar-refractivity contribution in [3.63, 3.8) is 0 Å². The molecular formula is C7H10Br2O. The predicted octanol–water partition coefficient (Wildman–Crippen LogP) is 2.46. The van der Waals surface area contributed by atoms with Crippen molar-refractivity contribution >= 4 is 31.9 Å². The lowest BCUT2D eigenvalue weighted by atomic mass is 9.91. The fourth-order valence-corrected chi connectivity index (χ4v) is 3.02. The van der Waals surface area contributed by atoms with Gasteiger partial charge in [0.25, 0.3) is 0 Å². The van der Waals surface area contributed by atoms with E-state index >= 15 is 0 Å². The van der Waals surface area contributed by atoms with Crippen molar-refractivity contribution in [3.8, 4) is 0 Å². The summed E-state index contributed by atoms with van der Waals surface area (Å²) in [6.07, 6.45) is 2.84. The van der Waals surface area contributed by atoms with Crippen LogP contribution in [0.4, 0.5) is 0 Å². The van der Waals surface area contributed by atoms with Crippen LogP contribution in [-0.4, -0.2) is 21.4 Å². The Morgan fingerprint density at radius 1 is 1.40 bits per heavy atom. The summed E-state index contributed by atoms with van der Waals surface area (Å²) < 4.78 is 5.55. The number of hydrogen-bond acceptors (Lipinski definition) is 1. The number of halogens is 2. The molecule has 0 N–H and O–H groups in total. The Morgan fingerprint density at radius 2 is 2.10 bits per heavy atom. The molecule has 1 saturated heterocycles. The molecule has 0 aromatic carbocycles. The van der Waals surface area contributed by atoms with Gasteiger partial charge in [0.15, 0.2) is 0 Å². The third kappa shape index (κ3) is 1.07. The minimum absolute atomic E-state index is 0.221. The monoisotopic (exact) mass is 268 g/mol. The summed E-state index contributed by atoms with van der Waals surface area (Å²) in [6, 6.07) is 0. The molecule has 0 aromatic heterocycles. The highest BCUT2D eigenvalue weighted by Crippen LogP contribution is 2.50. The van der Waals surface area contributed by atoms with Crippen LogP contribution in [0, 0.1) is 0 Å². The Kier molecular flexibility index (Phi) is 1.67. The molecule has 0 spiro atoms. The largest absolute Gasteiger partial charge is 0.366 e. The fraction of sp³-hybridized carbons (Fsp3) is 1.00. The normalized spacial score (nSPS) is 59.7. The molecule has 1 saturated carbocycles. The van der Waals surface area contributed by atoms with Crippen LogP contribution < -0.4 is 0 Å². The Morgan fingerprint density at radius 3 is 2.70 bits per heavy atom. The molecule has 1 heterocycles. The zero-order chi connectivity index (χ0) is 7.35. The van der Waals surface area contributed by atoms with E-state index in [2.05, 4.69) is 38.8 Å². The van der Waals surface area contributed by atoms with Crippen molar-refractivity contribution < 1.29 is 4.74 Å². The molecule has 4 atom stereocenters. The first kappa shape index (κ1) is 7.56. The maximum absolute atomic E-state index is 5.55. The van der Waals surface area contributed by atoms with Crippen LogP contribution in [0.2, 0.25) is 0 Å². The van der Waals surface area contributed by atoms with E-state index in [4.69, 9.17) is 4.74 Å². The zero-order valence-corrected chi connectivity index (χ0v) is 8.98. The molecule has 0 amide bonds. The second-order valence-electron chi connectivity index (χ2n) is 3.39. The standard InChI is InChI=1S/C7H10Br2O/c1-7-3-5(9)4(8)2-6(7)10-7/h4-6H,2-3H2,1H3/t4-,5-,6-,7-/m0/s1. The van der Waals surface area contributed by atoms with E-state index in [1.54, 1.807) is 0 Å². The third-order valence-corrected chi connectivity index (χ3v) is 5.15. The highest BCUT2D eigenvalue weighted by atomic mass is 79.9. The van der Waals surface area contributed by atoms with Crippen LogP contribution >= 0.6 is 31.9 Å². The van der Waals surface area contributed by atoms with E-state index in [-0.39, 0.29) is 5.60 Å². The highest BCUT2D eigenvalue weighted by Gasteiger charge is 2.57. The molecule has 0 bridgehead atoms. The second-order valence-corrected chi connectivity index (χ2v) is 5.74. The summed E-state index contributed by atoms with van der Waals surface area (Å²) in [4.78, 5) is 1.20. The molecule has 2 rings (SSSR count). The summed E-state index contributed by atoms with van der Waals surface area (Å²) >= 11 is 7.25. The van der Waals surface area contributed by atoms with Crippen LogP contribution in [-0.2, 0) is 4.74 Å². The van der Waals surface area contributed by atoms with E-state index in [1.165, 1.54) is 0 Å².